The first kappa shape index (κ1) is 14.3. The first-order valence-corrected chi connectivity index (χ1v) is 6.36. The van der Waals surface area contributed by atoms with Crippen molar-refractivity contribution in [2.75, 3.05) is 0 Å². The molecule has 0 aliphatic rings. The number of nitro benzene ring substituents is 1. The monoisotopic (exact) mass is 312 g/mol. The number of rotatable bonds is 3. The zero-order valence-corrected chi connectivity index (χ0v) is 11.4. The van der Waals surface area contributed by atoms with Crippen LogP contribution in [0.1, 0.15) is 20.7 Å². The lowest BCUT2D eigenvalue weighted by atomic mass is 10.0. The van der Waals surface area contributed by atoms with Gasteiger partial charge in [0, 0.05) is 6.07 Å². The highest BCUT2D eigenvalue weighted by Crippen LogP contribution is 2.24. The van der Waals surface area contributed by atoms with E-state index in [2.05, 4.69) is 10.3 Å². The molecular formula is C14H8N4O5. The van der Waals surface area contributed by atoms with E-state index < -0.39 is 33.6 Å². The number of aromatic carboxylic acids is 1. The van der Waals surface area contributed by atoms with Crippen molar-refractivity contribution in [3.63, 3.8) is 0 Å². The summed E-state index contributed by atoms with van der Waals surface area (Å²) in [5, 5.41) is 27.8. The van der Waals surface area contributed by atoms with Crippen LogP contribution in [-0.4, -0.2) is 36.9 Å². The molecule has 0 fully saturated rings. The number of nitro groups is 1. The average Bonchev–Trinajstić information content (AvgIpc) is 2.97. The highest BCUT2D eigenvalue weighted by atomic mass is 16.6. The summed E-state index contributed by atoms with van der Waals surface area (Å²) >= 11 is 0. The number of carboxylic acids is 1. The van der Waals surface area contributed by atoms with Gasteiger partial charge in [0.05, 0.1) is 16.0 Å². The number of nitrogens with zero attached hydrogens (tertiary/aromatic N) is 4. The summed E-state index contributed by atoms with van der Waals surface area (Å²) in [6, 6.07) is 9.91. The molecule has 1 heterocycles. The lowest BCUT2D eigenvalue weighted by Gasteiger charge is -2.06. The third kappa shape index (κ3) is 2.29. The molecule has 3 aromatic rings. The summed E-state index contributed by atoms with van der Waals surface area (Å²) in [6.45, 7) is 0. The molecule has 0 aliphatic heterocycles. The Morgan fingerprint density at radius 1 is 1.13 bits per heavy atom. The number of aromatic nitrogens is 3. The maximum absolute atomic E-state index is 12.7. The van der Waals surface area contributed by atoms with Crippen molar-refractivity contribution in [1.29, 1.82) is 0 Å². The minimum absolute atomic E-state index is 0.326. The zero-order valence-electron chi connectivity index (χ0n) is 11.4. The molecule has 0 spiro atoms. The number of carbonyl (C=O) groups is 2. The van der Waals surface area contributed by atoms with E-state index in [1.165, 1.54) is 6.07 Å². The van der Waals surface area contributed by atoms with Crippen LogP contribution in [0.15, 0.2) is 42.5 Å². The van der Waals surface area contributed by atoms with Crippen LogP contribution in [0.4, 0.5) is 5.69 Å². The van der Waals surface area contributed by atoms with Crippen molar-refractivity contribution in [3.05, 3.63) is 63.7 Å². The van der Waals surface area contributed by atoms with Crippen LogP contribution < -0.4 is 0 Å². The number of carboxylic acid groups (broad SMARTS) is 1. The molecule has 0 saturated heterocycles. The first-order valence-electron chi connectivity index (χ1n) is 6.36. The highest BCUT2D eigenvalue weighted by molar-refractivity contribution is 6.10. The lowest BCUT2D eigenvalue weighted by molar-refractivity contribution is -0.385. The van der Waals surface area contributed by atoms with Crippen LogP contribution in [0.5, 0.6) is 0 Å². The molecule has 0 unspecified atom stereocenters. The van der Waals surface area contributed by atoms with Gasteiger partial charge >= 0.3 is 5.97 Å². The fourth-order valence-electron chi connectivity index (χ4n) is 2.22. The molecule has 2 aromatic carbocycles. The van der Waals surface area contributed by atoms with E-state index in [4.69, 9.17) is 0 Å². The number of benzene rings is 2. The van der Waals surface area contributed by atoms with Crippen LogP contribution in [0, 0.1) is 10.1 Å². The number of hydrogen-bond donors (Lipinski definition) is 1. The molecule has 9 heteroatoms. The van der Waals surface area contributed by atoms with Crippen LogP contribution >= 0.6 is 0 Å². The van der Waals surface area contributed by atoms with Gasteiger partial charge in [0.2, 0.25) is 0 Å². The molecule has 3 rings (SSSR count). The normalized spacial score (nSPS) is 10.6. The second-order valence-electron chi connectivity index (χ2n) is 4.56. The van der Waals surface area contributed by atoms with Gasteiger partial charge in [0.1, 0.15) is 11.1 Å². The fourth-order valence-corrected chi connectivity index (χ4v) is 2.22. The number of fused-ring (bicyclic) bond motifs is 1. The van der Waals surface area contributed by atoms with Gasteiger partial charge in [0.25, 0.3) is 11.6 Å². The van der Waals surface area contributed by atoms with E-state index in [-0.39, 0.29) is 0 Å². The van der Waals surface area contributed by atoms with Crippen molar-refractivity contribution in [2.45, 2.75) is 0 Å². The van der Waals surface area contributed by atoms with Gasteiger partial charge in [0.15, 0.2) is 0 Å². The molecule has 0 bridgehead atoms. The van der Waals surface area contributed by atoms with Gasteiger partial charge in [-0.05, 0) is 18.2 Å². The molecule has 0 radical (unpaired) electrons. The Hall–Kier alpha value is -3.62. The third-order valence-corrected chi connectivity index (χ3v) is 3.23. The molecule has 1 aromatic heterocycles. The largest absolute Gasteiger partial charge is 0.478 e. The molecule has 1 N–H and O–H groups in total. The van der Waals surface area contributed by atoms with E-state index in [0.29, 0.717) is 11.0 Å². The van der Waals surface area contributed by atoms with Gasteiger partial charge in [-0.2, -0.15) is 4.68 Å². The Balaban J connectivity index is 2.27. The van der Waals surface area contributed by atoms with Gasteiger partial charge in [-0.1, -0.05) is 23.4 Å². The van der Waals surface area contributed by atoms with Gasteiger partial charge < -0.3 is 5.11 Å². The van der Waals surface area contributed by atoms with Crippen molar-refractivity contribution in [2.24, 2.45) is 0 Å². The van der Waals surface area contributed by atoms with Crippen molar-refractivity contribution in [1.82, 2.24) is 15.0 Å². The minimum Gasteiger partial charge on any atom is -0.478 e. The quantitative estimate of drug-likeness (QED) is 0.576. The van der Waals surface area contributed by atoms with Crippen LogP contribution in [0.3, 0.4) is 0 Å². The topological polar surface area (TPSA) is 128 Å². The Morgan fingerprint density at radius 3 is 2.57 bits per heavy atom. The summed E-state index contributed by atoms with van der Waals surface area (Å²) < 4.78 is 0.851. The van der Waals surface area contributed by atoms with Crippen molar-refractivity contribution in [3.8, 4) is 0 Å². The predicted molar refractivity (Wildman–Crippen MR) is 77.3 cm³/mol. The van der Waals surface area contributed by atoms with Crippen molar-refractivity contribution >= 4 is 28.6 Å². The van der Waals surface area contributed by atoms with E-state index in [1.54, 1.807) is 24.3 Å². The van der Waals surface area contributed by atoms with Gasteiger partial charge in [-0.25, -0.2) is 4.79 Å². The molecule has 114 valence electrons. The smallest absolute Gasteiger partial charge is 0.336 e. The molecule has 0 saturated carbocycles. The zero-order chi connectivity index (χ0) is 16.6. The Labute approximate surface area is 127 Å². The predicted octanol–water partition coefficient (Wildman–Crippen LogP) is 1.73. The van der Waals surface area contributed by atoms with E-state index in [9.17, 15) is 24.8 Å². The second kappa shape index (κ2) is 5.30. The molecule has 23 heavy (non-hydrogen) atoms. The van der Waals surface area contributed by atoms with Crippen molar-refractivity contribution < 1.29 is 19.6 Å². The Kier molecular flexibility index (Phi) is 3.30. The molecule has 9 nitrogen and oxygen atoms in total. The molecule has 0 atom stereocenters. The SMILES string of the molecule is O=C(O)c1cccc([N+](=O)[O-])c1C(=O)n1nnc2ccccc21. The van der Waals surface area contributed by atoms with Crippen LogP contribution in [0.25, 0.3) is 11.0 Å². The molecule has 0 amide bonds. The lowest BCUT2D eigenvalue weighted by Crippen LogP contribution is -2.19. The second-order valence-corrected chi connectivity index (χ2v) is 4.56. The maximum atomic E-state index is 12.7. The summed E-state index contributed by atoms with van der Waals surface area (Å²) in [5.74, 6) is -2.37. The Morgan fingerprint density at radius 2 is 1.87 bits per heavy atom. The standard InChI is InChI=1S/C14H8N4O5/c19-13(17-10-6-2-1-5-9(10)15-16-17)12-8(14(20)21)4-3-7-11(12)18(22)23/h1-7H,(H,20,21). The fraction of sp³-hybridized carbons (Fsp3) is 0. The Bertz CT molecular complexity index is 930. The average molecular weight is 312 g/mol. The summed E-state index contributed by atoms with van der Waals surface area (Å²) in [5.41, 5.74) is -0.873. The van der Waals surface area contributed by atoms with Crippen LogP contribution in [-0.2, 0) is 0 Å². The number of hydrogen-bond acceptors (Lipinski definition) is 6. The minimum atomic E-state index is -1.44. The van der Waals surface area contributed by atoms with Gasteiger partial charge in [-0.3, -0.25) is 14.9 Å². The number of para-hydroxylation sites is 1. The number of carbonyl (C=O) groups excluding carboxylic acids is 1. The summed E-state index contributed by atoms with van der Waals surface area (Å²) in [6.07, 6.45) is 0. The summed E-state index contributed by atoms with van der Waals surface area (Å²) in [7, 11) is 0. The van der Waals surface area contributed by atoms with E-state index in [0.717, 1.165) is 16.8 Å². The van der Waals surface area contributed by atoms with E-state index >= 15 is 0 Å². The molecule has 0 aliphatic carbocycles. The molecular weight excluding hydrogens is 304 g/mol. The van der Waals surface area contributed by atoms with Crippen LogP contribution in [0.2, 0.25) is 0 Å². The van der Waals surface area contributed by atoms with E-state index in [1.807, 2.05) is 0 Å². The maximum Gasteiger partial charge on any atom is 0.336 e. The third-order valence-electron chi connectivity index (χ3n) is 3.23. The highest BCUT2D eigenvalue weighted by Gasteiger charge is 2.29. The summed E-state index contributed by atoms with van der Waals surface area (Å²) in [4.78, 5) is 34.3. The van der Waals surface area contributed by atoms with Gasteiger partial charge in [-0.15, -0.1) is 5.10 Å². The first-order chi connectivity index (χ1) is 11.0.